The van der Waals surface area contributed by atoms with Gasteiger partial charge >= 0.3 is 11.9 Å². The second kappa shape index (κ2) is 19.5. The maximum absolute atomic E-state index is 12.5. The number of pyridine rings is 2. The van der Waals surface area contributed by atoms with E-state index in [9.17, 15) is 36.0 Å². The Kier molecular flexibility index (Phi) is 14.7. The summed E-state index contributed by atoms with van der Waals surface area (Å²) in [4.78, 5) is 49.0. The lowest BCUT2D eigenvalue weighted by atomic mass is 9.87. The molecule has 0 saturated heterocycles. The maximum Gasteiger partial charge on any atom is 0.308 e. The van der Waals surface area contributed by atoms with Crippen LogP contribution in [0.25, 0.3) is 11.4 Å². The van der Waals surface area contributed by atoms with E-state index in [0.29, 0.717) is 61.8 Å². The van der Waals surface area contributed by atoms with Crippen LogP contribution in [0.2, 0.25) is 0 Å². The second-order valence-electron chi connectivity index (χ2n) is 14.4. The van der Waals surface area contributed by atoms with Crippen LogP contribution in [0, 0.1) is 11.8 Å². The van der Waals surface area contributed by atoms with Gasteiger partial charge in [0.1, 0.15) is 11.5 Å². The SMILES string of the molecule is CCOC(=O)C1CCC(Oc2ccn(-c3ccc(S(C)(=O)=O)cc3)c(=O)c2)CC1.CCOC(=O)C1CCC(Oc2ccn(-c3ccc(S(C)(=O)=O)cc3)c(=O)c2)CC1. The van der Waals surface area contributed by atoms with Crippen LogP contribution in [0.5, 0.6) is 11.5 Å². The molecule has 58 heavy (non-hydrogen) atoms. The van der Waals surface area contributed by atoms with E-state index in [1.165, 1.54) is 45.5 Å². The Labute approximate surface area is 338 Å². The number of aromatic nitrogens is 2. The molecule has 2 saturated carbocycles. The van der Waals surface area contributed by atoms with E-state index < -0.39 is 19.7 Å². The van der Waals surface area contributed by atoms with Crippen LogP contribution in [-0.2, 0) is 38.7 Å². The highest BCUT2D eigenvalue weighted by atomic mass is 32.2. The van der Waals surface area contributed by atoms with E-state index in [0.717, 1.165) is 38.2 Å². The summed E-state index contributed by atoms with van der Waals surface area (Å²) in [6.45, 7) is 4.38. The van der Waals surface area contributed by atoms with Gasteiger partial charge in [0.15, 0.2) is 19.7 Å². The molecule has 312 valence electrons. The first kappa shape index (κ1) is 43.9. The van der Waals surface area contributed by atoms with Gasteiger partial charge in [0.05, 0.1) is 47.0 Å². The minimum Gasteiger partial charge on any atom is -0.490 e. The van der Waals surface area contributed by atoms with Gasteiger partial charge in [-0.05, 0) is 126 Å². The van der Waals surface area contributed by atoms with Gasteiger partial charge in [-0.3, -0.25) is 28.3 Å². The highest BCUT2D eigenvalue weighted by Crippen LogP contribution is 2.30. The molecular weight excluding hydrogens is 789 g/mol. The Balaban J connectivity index is 0.000000221. The Morgan fingerprint density at radius 1 is 0.552 bits per heavy atom. The third-order valence-electron chi connectivity index (χ3n) is 10.1. The fourth-order valence-corrected chi connectivity index (χ4v) is 8.20. The Hall–Kier alpha value is -5.22. The minimum atomic E-state index is -3.28. The number of carbonyl (C=O) groups is 2. The van der Waals surface area contributed by atoms with Crippen LogP contribution in [0.3, 0.4) is 0 Å². The van der Waals surface area contributed by atoms with E-state index in [-0.39, 0.29) is 56.9 Å². The summed E-state index contributed by atoms with van der Waals surface area (Å²) in [7, 11) is -6.57. The van der Waals surface area contributed by atoms with Crippen LogP contribution < -0.4 is 20.6 Å². The Morgan fingerprint density at radius 2 is 0.879 bits per heavy atom. The summed E-state index contributed by atoms with van der Waals surface area (Å²) in [6, 6.07) is 18.5. The third kappa shape index (κ3) is 11.9. The minimum absolute atomic E-state index is 0.0371. The maximum atomic E-state index is 12.5. The molecule has 0 atom stereocenters. The van der Waals surface area contributed by atoms with Gasteiger partial charge in [-0.1, -0.05) is 0 Å². The number of esters is 2. The molecule has 0 radical (unpaired) electrons. The van der Waals surface area contributed by atoms with Crippen LogP contribution >= 0.6 is 0 Å². The average Bonchev–Trinajstić information content (AvgIpc) is 3.18. The highest BCUT2D eigenvalue weighted by molar-refractivity contribution is 7.91. The lowest BCUT2D eigenvalue weighted by Gasteiger charge is -2.27. The molecule has 0 unspecified atom stereocenters. The molecular formula is C42H50N2O12S2. The highest BCUT2D eigenvalue weighted by Gasteiger charge is 2.29. The largest absolute Gasteiger partial charge is 0.490 e. The summed E-state index contributed by atoms with van der Waals surface area (Å²) in [6.07, 6.45) is 11.2. The predicted molar refractivity (Wildman–Crippen MR) is 216 cm³/mol. The lowest BCUT2D eigenvalue weighted by molar-refractivity contribution is -0.150. The summed E-state index contributed by atoms with van der Waals surface area (Å²) in [5.74, 6) is 0.540. The first-order chi connectivity index (χ1) is 27.5. The molecule has 2 aromatic heterocycles. The fourth-order valence-electron chi connectivity index (χ4n) is 6.94. The van der Waals surface area contributed by atoms with Crippen molar-refractivity contribution in [2.24, 2.45) is 11.8 Å². The van der Waals surface area contributed by atoms with Gasteiger partial charge in [-0.15, -0.1) is 0 Å². The van der Waals surface area contributed by atoms with Crippen LogP contribution in [0.4, 0.5) is 0 Å². The first-order valence-electron chi connectivity index (χ1n) is 19.3. The van der Waals surface area contributed by atoms with E-state index in [1.807, 2.05) is 0 Å². The fraction of sp³-hybridized carbons (Fsp3) is 0.429. The molecule has 2 aliphatic carbocycles. The van der Waals surface area contributed by atoms with E-state index in [4.69, 9.17) is 18.9 Å². The molecule has 2 aliphatic rings. The van der Waals surface area contributed by atoms with Gasteiger partial charge in [0, 0.05) is 48.4 Å². The predicted octanol–water partition coefficient (Wildman–Crippen LogP) is 5.48. The number of hydrogen-bond donors (Lipinski definition) is 0. The van der Waals surface area contributed by atoms with E-state index in [1.54, 1.807) is 62.6 Å². The molecule has 2 aromatic carbocycles. The van der Waals surface area contributed by atoms with Crippen LogP contribution in [-0.4, -0.2) is 75.8 Å². The summed E-state index contributed by atoms with van der Waals surface area (Å²) >= 11 is 0. The molecule has 0 N–H and O–H groups in total. The van der Waals surface area contributed by atoms with E-state index in [2.05, 4.69) is 0 Å². The van der Waals surface area contributed by atoms with Crippen molar-refractivity contribution in [3.05, 3.63) is 106 Å². The lowest BCUT2D eigenvalue weighted by Crippen LogP contribution is -2.29. The first-order valence-corrected chi connectivity index (χ1v) is 23.1. The summed E-state index contributed by atoms with van der Waals surface area (Å²) in [5.41, 5.74) is 0.609. The molecule has 2 heterocycles. The number of sulfone groups is 2. The topological polar surface area (TPSA) is 183 Å². The van der Waals surface area contributed by atoms with E-state index >= 15 is 0 Å². The zero-order valence-corrected chi connectivity index (χ0v) is 34.7. The molecule has 0 amide bonds. The summed E-state index contributed by atoms with van der Waals surface area (Å²) < 4.78 is 71.1. The van der Waals surface area contributed by atoms with Crippen molar-refractivity contribution in [2.45, 2.75) is 87.2 Å². The van der Waals surface area contributed by atoms with Crippen LogP contribution in [0.15, 0.2) is 105 Å². The number of carbonyl (C=O) groups excluding carboxylic acids is 2. The van der Waals surface area contributed by atoms with Crippen molar-refractivity contribution in [1.82, 2.24) is 9.13 Å². The molecule has 2 fully saturated rings. The molecule has 6 rings (SSSR count). The zero-order chi connectivity index (χ0) is 42.0. The number of rotatable bonds is 12. The molecule has 0 aliphatic heterocycles. The van der Waals surface area contributed by atoms with Crippen molar-refractivity contribution in [3.63, 3.8) is 0 Å². The van der Waals surface area contributed by atoms with Crippen LogP contribution in [0.1, 0.15) is 65.2 Å². The van der Waals surface area contributed by atoms with Gasteiger partial charge in [0.25, 0.3) is 11.1 Å². The van der Waals surface area contributed by atoms with Crippen molar-refractivity contribution in [3.8, 4) is 22.9 Å². The number of benzene rings is 2. The summed E-state index contributed by atoms with van der Waals surface area (Å²) in [5, 5.41) is 0. The number of hydrogen-bond acceptors (Lipinski definition) is 12. The van der Waals surface area contributed by atoms with Gasteiger partial charge in [0.2, 0.25) is 0 Å². The second-order valence-corrected chi connectivity index (χ2v) is 18.4. The van der Waals surface area contributed by atoms with Crippen molar-refractivity contribution >= 4 is 31.6 Å². The van der Waals surface area contributed by atoms with Crippen molar-refractivity contribution in [1.29, 1.82) is 0 Å². The molecule has 0 bridgehead atoms. The smallest absolute Gasteiger partial charge is 0.308 e. The van der Waals surface area contributed by atoms with Gasteiger partial charge in [-0.25, -0.2) is 16.8 Å². The Bertz CT molecular complexity index is 2200. The molecule has 16 heteroatoms. The quantitative estimate of drug-likeness (QED) is 0.164. The number of ether oxygens (including phenoxy) is 4. The molecule has 14 nitrogen and oxygen atoms in total. The monoisotopic (exact) mass is 838 g/mol. The molecule has 0 spiro atoms. The zero-order valence-electron chi connectivity index (χ0n) is 33.1. The third-order valence-corrected chi connectivity index (χ3v) is 12.3. The average molecular weight is 839 g/mol. The van der Waals surface area contributed by atoms with Crippen molar-refractivity contribution < 1.29 is 45.4 Å². The van der Waals surface area contributed by atoms with Crippen molar-refractivity contribution in [2.75, 3.05) is 25.7 Å². The normalized spacial score (nSPS) is 19.5. The standard InChI is InChI=1S/2C21H25NO6S/c2*1-3-27-21(24)15-4-8-17(9-5-15)28-18-12-13-22(20(23)14-18)16-6-10-19(11-7-16)29(2,25)26/h2*6-7,10-15,17H,3-5,8-9H2,1-2H3. The Morgan fingerprint density at radius 3 is 1.16 bits per heavy atom. The van der Waals surface area contributed by atoms with Gasteiger partial charge in [-0.2, -0.15) is 0 Å². The molecule has 4 aromatic rings. The number of nitrogens with zero attached hydrogens (tertiary/aromatic N) is 2. The van der Waals surface area contributed by atoms with Gasteiger partial charge < -0.3 is 18.9 Å².